The fourth-order valence-electron chi connectivity index (χ4n) is 2.47. The van der Waals surface area contributed by atoms with Crippen molar-refractivity contribution in [2.24, 2.45) is 22.7 Å². The average Bonchev–Trinajstić information content (AvgIpc) is 2.05. The van der Waals surface area contributed by atoms with E-state index >= 15 is 0 Å². The Morgan fingerprint density at radius 1 is 1.06 bits per heavy atom. The standard InChI is InChI=1S/C14H25NO2/c1-13(2,3)8-9-7-10(14(4,5)6)12(17)15-11(9)16/h9-10H,7-8H2,1-6H3,(H,15,16,17). The predicted octanol–water partition coefficient (Wildman–Crippen LogP) is 2.75. The van der Waals surface area contributed by atoms with Gasteiger partial charge in [0, 0.05) is 11.8 Å². The highest BCUT2D eigenvalue weighted by molar-refractivity contribution is 6.00. The van der Waals surface area contributed by atoms with Gasteiger partial charge in [-0.2, -0.15) is 0 Å². The predicted molar refractivity (Wildman–Crippen MR) is 68.3 cm³/mol. The molecule has 2 atom stereocenters. The Labute approximate surface area is 104 Å². The molecule has 0 aromatic carbocycles. The molecule has 1 N–H and O–H groups in total. The van der Waals surface area contributed by atoms with Gasteiger partial charge in [0.1, 0.15) is 0 Å². The van der Waals surface area contributed by atoms with Crippen LogP contribution in [0.2, 0.25) is 0 Å². The van der Waals surface area contributed by atoms with Gasteiger partial charge in [0.15, 0.2) is 0 Å². The molecule has 0 aromatic heterocycles. The first-order valence-corrected chi connectivity index (χ1v) is 6.35. The van der Waals surface area contributed by atoms with Crippen LogP contribution in [0.5, 0.6) is 0 Å². The lowest BCUT2D eigenvalue weighted by Crippen LogP contribution is -2.50. The number of piperidine rings is 1. The summed E-state index contributed by atoms with van der Waals surface area (Å²) in [6.45, 7) is 12.6. The minimum absolute atomic E-state index is 0.0306. The van der Waals surface area contributed by atoms with Gasteiger partial charge >= 0.3 is 0 Å². The van der Waals surface area contributed by atoms with Crippen molar-refractivity contribution in [3.8, 4) is 0 Å². The van der Waals surface area contributed by atoms with E-state index in [-0.39, 0.29) is 34.5 Å². The fourth-order valence-corrected chi connectivity index (χ4v) is 2.47. The maximum absolute atomic E-state index is 11.8. The molecule has 0 aromatic rings. The van der Waals surface area contributed by atoms with Crippen LogP contribution in [-0.2, 0) is 9.59 Å². The number of carbonyl (C=O) groups is 2. The maximum atomic E-state index is 11.8. The second kappa shape index (κ2) is 4.43. The summed E-state index contributed by atoms with van der Waals surface area (Å²) in [7, 11) is 0. The molecule has 2 unspecified atom stereocenters. The molecule has 98 valence electrons. The Morgan fingerprint density at radius 3 is 2.00 bits per heavy atom. The number of hydrogen-bond acceptors (Lipinski definition) is 2. The summed E-state index contributed by atoms with van der Waals surface area (Å²) in [5.74, 6) is -0.289. The first kappa shape index (κ1) is 14.2. The van der Waals surface area contributed by atoms with E-state index in [1.807, 2.05) is 0 Å². The Morgan fingerprint density at radius 2 is 1.59 bits per heavy atom. The molecular weight excluding hydrogens is 214 g/mol. The Hall–Kier alpha value is -0.860. The van der Waals surface area contributed by atoms with Gasteiger partial charge < -0.3 is 0 Å². The van der Waals surface area contributed by atoms with E-state index in [4.69, 9.17) is 0 Å². The summed E-state index contributed by atoms with van der Waals surface area (Å²) >= 11 is 0. The summed E-state index contributed by atoms with van der Waals surface area (Å²) in [6.07, 6.45) is 1.52. The van der Waals surface area contributed by atoms with Crippen molar-refractivity contribution in [2.45, 2.75) is 54.4 Å². The molecule has 3 nitrogen and oxygen atoms in total. The van der Waals surface area contributed by atoms with Crippen LogP contribution in [0.25, 0.3) is 0 Å². The van der Waals surface area contributed by atoms with Crippen molar-refractivity contribution in [1.82, 2.24) is 5.32 Å². The highest BCUT2D eigenvalue weighted by Crippen LogP contribution is 2.37. The first-order chi connectivity index (χ1) is 7.50. The SMILES string of the molecule is CC(C)(C)CC1CC(C(C)(C)C)C(=O)NC1=O. The molecule has 1 saturated heterocycles. The first-order valence-electron chi connectivity index (χ1n) is 6.35. The van der Waals surface area contributed by atoms with Crippen LogP contribution in [-0.4, -0.2) is 11.8 Å². The van der Waals surface area contributed by atoms with Gasteiger partial charge in [-0.1, -0.05) is 41.5 Å². The molecule has 2 amide bonds. The third kappa shape index (κ3) is 3.83. The van der Waals surface area contributed by atoms with Crippen molar-refractivity contribution in [3.63, 3.8) is 0 Å². The Kier molecular flexibility index (Phi) is 3.70. The third-order valence-electron chi connectivity index (χ3n) is 3.36. The minimum atomic E-state index is -0.104. The second-order valence-electron chi connectivity index (χ2n) is 7.47. The van der Waals surface area contributed by atoms with Gasteiger partial charge in [-0.3, -0.25) is 14.9 Å². The largest absolute Gasteiger partial charge is 0.296 e. The molecule has 1 fully saturated rings. The highest BCUT2D eigenvalue weighted by Gasteiger charge is 2.41. The van der Waals surface area contributed by atoms with E-state index in [9.17, 15) is 9.59 Å². The molecule has 0 spiro atoms. The van der Waals surface area contributed by atoms with Gasteiger partial charge in [0.25, 0.3) is 0 Å². The zero-order chi connectivity index (χ0) is 13.4. The van der Waals surface area contributed by atoms with Crippen molar-refractivity contribution in [2.75, 3.05) is 0 Å². The van der Waals surface area contributed by atoms with Crippen LogP contribution in [0, 0.1) is 22.7 Å². The number of imide groups is 1. The van der Waals surface area contributed by atoms with Gasteiger partial charge in [-0.25, -0.2) is 0 Å². The van der Waals surface area contributed by atoms with Gasteiger partial charge in [-0.05, 0) is 23.7 Å². The number of carbonyl (C=O) groups excluding carboxylic acids is 2. The Balaban J connectivity index is 2.81. The van der Waals surface area contributed by atoms with E-state index in [1.165, 1.54) is 0 Å². The topological polar surface area (TPSA) is 46.2 Å². The highest BCUT2D eigenvalue weighted by atomic mass is 16.2. The molecular formula is C14H25NO2. The smallest absolute Gasteiger partial charge is 0.230 e. The summed E-state index contributed by atoms with van der Waals surface area (Å²) in [4.78, 5) is 23.7. The normalized spacial score (nSPS) is 26.9. The molecule has 1 rings (SSSR count). The van der Waals surface area contributed by atoms with Gasteiger partial charge in [0.2, 0.25) is 11.8 Å². The molecule has 0 saturated carbocycles. The van der Waals surface area contributed by atoms with Crippen molar-refractivity contribution < 1.29 is 9.59 Å². The second-order valence-corrected chi connectivity index (χ2v) is 7.47. The maximum Gasteiger partial charge on any atom is 0.230 e. The monoisotopic (exact) mass is 239 g/mol. The Bertz CT molecular complexity index is 320. The van der Waals surface area contributed by atoms with Crippen LogP contribution in [0.3, 0.4) is 0 Å². The van der Waals surface area contributed by atoms with E-state index in [1.54, 1.807) is 0 Å². The molecule has 0 radical (unpaired) electrons. The lowest BCUT2D eigenvalue weighted by Gasteiger charge is -2.37. The number of hydrogen-bond donors (Lipinski definition) is 1. The molecule has 1 aliphatic rings. The van der Waals surface area contributed by atoms with Gasteiger partial charge in [0.05, 0.1) is 0 Å². The summed E-state index contributed by atoms with van der Waals surface area (Å²) in [5, 5.41) is 2.53. The van der Waals surface area contributed by atoms with Gasteiger partial charge in [-0.15, -0.1) is 0 Å². The quantitative estimate of drug-likeness (QED) is 0.715. The minimum Gasteiger partial charge on any atom is -0.296 e. The number of amides is 2. The van der Waals surface area contributed by atoms with Crippen LogP contribution in [0.4, 0.5) is 0 Å². The molecule has 3 heteroatoms. The van der Waals surface area contributed by atoms with Crippen LogP contribution < -0.4 is 5.32 Å². The van der Waals surface area contributed by atoms with Crippen LogP contribution in [0.1, 0.15) is 54.4 Å². The lowest BCUT2D eigenvalue weighted by molar-refractivity contribution is -0.143. The van der Waals surface area contributed by atoms with E-state index in [2.05, 4.69) is 46.9 Å². The fraction of sp³-hybridized carbons (Fsp3) is 0.857. The van der Waals surface area contributed by atoms with Crippen LogP contribution in [0.15, 0.2) is 0 Å². The molecule has 1 aliphatic heterocycles. The molecule has 0 aliphatic carbocycles. The summed E-state index contributed by atoms with van der Waals surface area (Å²) < 4.78 is 0. The number of nitrogens with one attached hydrogen (secondary N) is 1. The molecule has 0 bridgehead atoms. The zero-order valence-electron chi connectivity index (χ0n) is 11.9. The van der Waals surface area contributed by atoms with Crippen LogP contribution >= 0.6 is 0 Å². The van der Waals surface area contributed by atoms with E-state index in [0.717, 1.165) is 6.42 Å². The third-order valence-corrected chi connectivity index (χ3v) is 3.36. The zero-order valence-corrected chi connectivity index (χ0v) is 11.9. The average molecular weight is 239 g/mol. The number of rotatable bonds is 1. The van der Waals surface area contributed by atoms with E-state index in [0.29, 0.717) is 6.42 Å². The van der Waals surface area contributed by atoms with Crippen molar-refractivity contribution >= 4 is 11.8 Å². The van der Waals surface area contributed by atoms with Crippen molar-refractivity contribution in [1.29, 1.82) is 0 Å². The molecule has 17 heavy (non-hydrogen) atoms. The molecule has 1 heterocycles. The van der Waals surface area contributed by atoms with Crippen molar-refractivity contribution in [3.05, 3.63) is 0 Å². The summed E-state index contributed by atoms with van der Waals surface area (Å²) in [6, 6.07) is 0. The lowest BCUT2D eigenvalue weighted by atomic mass is 9.70. The summed E-state index contributed by atoms with van der Waals surface area (Å²) in [5.41, 5.74) is 0.0335. The van der Waals surface area contributed by atoms with E-state index < -0.39 is 0 Å².